The van der Waals surface area contributed by atoms with Gasteiger partial charge in [-0.3, -0.25) is 0 Å². The van der Waals surface area contributed by atoms with E-state index >= 15 is 35.1 Å². The van der Waals surface area contributed by atoms with Crippen molar-refractivity contribution in [2.24, 2.45) is 0 Å². The van der Waals surface area contributed by atoms with E-state index < -0.39 is 189 Å². The van der Waals surface area contributed by atoms with Crippen LogP contribution in [-0.2, 0) is 21.7 Å². The largest absolute Gasteiger partial charge is 0.438 e. The summed E-state index contributed by atoms with van der Waals surface area (Å²) in [5.74, 6) is -59.9. The van der Waals surface area contributed by atoms with Crippen molar-refractivity contribution in [3.05, 3.63) is 144 Å². The lowest BCUT2D eigenvalue weighted by atomic mass is 9.53. The van der Waals surface area contributed by atoms with E-state index in [2.05, 4.69) is 0 Å². The van der Waals surface area contributed by atoms with Crippen molar-refractivity contribution < 1.29 is 193 Å². The zero-order chi connectivity index (χ0) is 79.3. The minimum atomic E-state index is -8.11. The lowest BCUT2D eigenvalue weighted by molar-refractivity contribution is -0.430. The molecule has 4 aromatic carbocycles. The monoisotopic (exact) mass is 1550 g/mol. The molecule has 4 aromatic rings. The Labute approximate surface area is 531 Å². The van der Waals surface area contributed by atoms with Gasteiger partial charge in [-0.2, -0.15) is 176 Å². The topological polar surface area (TPSA) is 0 Å². The second kappa shape index (κ2) is 25.9. The van der Waals surface area contributed by atoms with Gasteiger partial charge in [-0.05, 0) is 22.3 Å². The fraction of sp³-hybridized carbons (Fsp3) is 0.571. The molecule has 0 spiro atoms. The van der Waals surface area contributed by atoms with Crippen molar-refractivity contribution >= 4 is 0 Å². The summed E-state index contributed by atoms with van der Waals surface area (Å²) in [5.41, 5.74) is -52.3. The fourth-order valence-electron chi connectivity index (χ4n) is 11.0. The number of alkyl halides is 44. The van der Waals surface area contributed by atoms with E-state index in [4.69, 9.17) is 0 Å². The molecule has 0 aliphatic heterocycles. The summed E-state index contributed by atoms with van der Waals surface area (Å²) in [7, 11) is 0. The van der Waals surface area contributed by atoms with Crippen LogP contribution in [-0.4, -0.2) is 119 Å². The quantitative estimate of drug-likeness (QED) is 0.0688. The Kier molecular flexibility index (Phi) is 22.8. The van der Waals surface area contributed by atoms with E-state index in [9.17, 15) is 158 Å². The first kappa shape index (κ1) is 88.0. The molecule has 0 aliphatic carbocycles. The summed E-state index contributed by atoms with van der Waals surface area (Å²) < 4.78 is 618. The van der Waals surface area contributed by atoms with Crippen LogP contribution in [0.25, 0.3) is 0 Å². The van der Waals surface area contributed by atoms with Crippen LogP contribution in [0.2, 0.25) is 0 Å². The van der Waals surface area contributed by atoms with E-state index in [-0.39, 0.29) is 27.7 Å². The fourth-order valence-corrected chi connectivity index (χ4v) is 11.0. The number of benzene rings is 4. The average molecular weight is 1550 g/mol. The minimum absolute atomic E-state index is 0.0187. The van der Waals surface area contributed by atoms with Gasteiger partial charge in [-0.1, -0.05) is 149 Å². The van der Waals surface area contributed by atoms with Gasteiger partial charge in [0.05, 0.1) is 0 Å². The molecule has 0 nitrogen and oxygen atoms in total. The van der Waals surface area contributed by atoms with Crippen LogP contribution >= 0.6 is 0 Å². The third kappa shape index (κ3) is 13.6. The van der Waals surface area contributed by atoms with E-state index in [1.54, 1.807) is 0 Å². The van der Waals surface area contributed by atoms with Crippen molar-refractivity contribution in [1.82, 2.24) is 0 Å². The zero-order valence-electron chi connectivity index (χ0n) is 49.0. The molecular formula is C56H40F44. The van der Waals surface area contributed by atoms with Crippen LogP contribution in [0.3, 0.4) is 0 Å². The van der Waals surface area contributed by atoms with Gasteiger partial charge in [0.1, 0.15) is 0 Å². The maximum absolute atomic E-state index is 15.5. The third-order valence-electron chi connectivity index (χ3n) is 17.1. The normalized spacial score (nSPS) is 17.7. The molecule has 4 atom stereocenters. The average Bonchev–Trinajstić information content (AvgIpc) is 0.705. The van der Waals surface area contributed by atoms with Crippen molar-refractivity contribution in [2.45, 2.75) is 195 Å². The second-order valence-corrected chi connectivity index (χ2v) is 23.2. The van der Waals surface area contributed by atoms with Gasteiger partial charge >= 0.3 is 119 Å². The van der Waals surface area contributed by atoms with Crippen molar-refractivity contribution in [3.63, 3.8) is 0 Å². The molecule has 0 heterocycles. The van der Waals surface area contributed by atoms with Crippen molar-refractivity contribution in [2.75, 3.05) is 0 Å². The molecule has 0 radical (unpaired) electrons. The first-order valence-electron chi connectivity index (χ1n) is 26.3. The first-order valence-corrected chi connectivity index (χ1v) is 26.3. The Morgan fingerprint density at radius 1 is 0.170 bits per heavy atom. The predicted molar refractivity (Wildman–Crippen MR) is 257 cm³/mol. The zero-order valence-corrected chi connectivity index (χ0v) is 49.0. The van der Waals surface area contributed by atoms with E-state index in [1.165, 1.54) is 0 Å². The van der Waals surface area contributed by atoms with Gasteiger partial charge in [0, 0.05) is 47.3 Å². The smallest absolute Gasteiger partial charge is 0.216 e. The summed E-state index contributed by atoms with van der Waals surface area (Å²) in [6.45, 7) is 0.0748. The summed E-state index contributed by atoms with van der Waals surface area (Å²) in [5, 5.41) is 0. The van der Waals surface area contributed by atoms with Crippen molar-refractivity contribution in [3.8, 4) is 0 Å². The Balaban J connectivity index is 0.000000520. The molecule has 4 rings (SSSR count). The van der Waals surface area contributed by atoms with Crippen LogP contribution < -0.4 is 0 Å². The minimum Gasteiger partial charge on any atom is -0.216 e. The van der Waals surface area contributed by atoms with E-state index in [1.807, 2.05) is 0 Å². The van der Waals surface area contributed by atoms with Gasteiger partial charge in [0.2, 0.25) is 0 Å². The third-order valence-corrected chi connectivity index (χ3v) is 17.1. The van der Waals surface area contributed by atoms with Gasteiger partial charge in [-0.15, -0.1) is 0 Å². The molecule has 0 amide bonds. The molecule has 100 heavy (non-hydrogen) atoms. The first-order chi connectivity index (χ1) is 43.7. The Morgan fingerprint density at radius 3 is 0.360 bits per heavy atom. The van der Waals surface area contributed by atoms with Crippen molar-refractivity contribution in [1.29, 1.82) is 0 Å². The summed E-state index contributed by atoms with van der Waals surface area (Å²) >= 11 is 0. The molecule has 0 saturated carbocycles. The van der Waals surface area contributed by atoms with Gasteiger partial charge in [0.25, 0.3) is 0 Å². The molecule has 0 saturated heterocycles. The molecule has 0 aliphatic rings. The van der Waals surface area contributed by atoms with Crippen LogP contribution in [0.5, 0.6) is 0 Å². The standard InChI is InChI=1S/2C28H20F22/c2*1-17(15-9-5-3-6-10-15,13-19(29,30)23(35,36)21(33,25(39,40)41)26(42,43)44)18(2,16-11-7-4-8-12-16)14-20(31,32)24(37,38)22(34,27(45,46)47)28(48,49)50/h2*3-12H,13-14H2,1-2H3/t2*17-,18+. The molecule has 0 unspecified atom stereocenters. The highest BCUT2D eigenvalue weighted by Crippen LogP contribution is 2.69. The summed E-state index contributed by atoms with van der Waals surface area (Å²) in [4.78, 5) is 0. The van der Waals surface area contributed by atoms with Crippen LogP contribution in [0.15, 0.2) is 121 Å². The molecule has 0 N–H and O–H groups in total. The van der Waals surface area contributed by atoms with Crippen LogP contribution in [0.1, 0.15) is 75.6 Å². The number of halogens is 44. The highest BCUT2D eigenvalue weighted by atomic mass is 19.5. The van der Waals surface area contributed by atoms with Gasteiger partial charge in [0.15, 0.2) is 0 Å². The molecule has 0 fully saturated rings. The molecule has 572 valence electrons. The van der Waals surface area contributed by atoms with Crippen LogP contribution in [0, 0.1) is 0 Å². The van der Waals surface area contributed by atoms with Crippen LogP contribution in [0.4, 0.5) is 193 Å². The van der Waals surface area contributed by atoms with Gasteiger partial charge < -0.3 is 0 Å². The second-order valence-electron chi connectivity index (χ2n) is 23.2. The van der Waals surface area contributed by atoms with E-state index in [0.29, 0.717) is 97.1 Å². The SMILES string of the molecule is C[C@](CC(F)(F)C(F)(F)C(F)(C(F)(F)F)C(F)(F)F)(c1ccccc1)[C@](C)(CC(F)(F)C(F)(F)C(F)(C(F)(F)F)C(F)(F)F)c1ccccc1.C[C@](CC(F)(F)C(F)(F)C(F)(C(F)(F)F)C(F)(F)F)(c1ccccc1)[C@](C)(CC(F)(F)C(F)(F)C(F)(C(F)(F)F)C(F)(F)F)c1ccccc1. The Morgan fingerprint density at radius 2 is 0.270 bits per heavy atom. The number of hydrogen-bond donors (Lipinski definition) is 0. The summed E-state index contributed by atoms with van der Waals surface area (Å²) in [6.07, 6.45) is -76.6. The molecule has 0 aromatic heterocycles. The molecule has 0 bridgehead atoms. The Hall–Kier alpha value is -6.20. The molecular weight excluding hydrogens is 1510 g/mol. The number of rotatable bonds is 22. The maximum atomic E-state index is 15.5. The maximum Gasteiger partial charge on any atom is 0.438 e. The Bertz CT molecular complexity index is 2850. The number of hydrogen-bond acceptors (Lipinski definition) is 0. The highest BCUT2D eigenvalue weighted by Gasteiger charge is 2.95. The molecule has 44 heteroatoms. The lowest BCUT2D eigenvalue weighted by Crippen LogP contribution is -2.72. The highest BCUT2D eigenvalue weighted by molar-refractivity contribution is 5.42. The summed E-state index contributed by atoms with van der Waals surface area (Å²) in [6, 6.07) is 13.1. The van der Waals surface area contributed by atoms with E-state index in [0.717, 1.165) is 24.3 Å². The predicted octanol–water partition coefficient (Wildman–Crippen LogP) is 23.8. The van der Waals surface area contributed by atoms with Gasteiger partial charge in [-0.25, -0.2) is 17.6 Å². The lowest BCUT2D eigenvalue weighted by Gasteiger charge is -2.52.